The SMILES string of the molecule is COC(=O)C(=Cc1cc(Cl)c(Oc2ccc(C(F)(F)F)cc2[N+](=O)[O-])c(Cl)c1)C(=O)OC. The summed E-state index contributed by atoms with van der Waals surface area (Å²) < 4.78 is 52.9. The first-order valence-corrected chi connectivity index (χ1v) is 9.05. The van der Waals surface area contributed by atoms with E-state index < -0.39 is 45.6 Å². The molecule has 0 aliphatic carbocycles. The molecule has 2 rings (SSSR count). The van der Waals surface area contributed by atoms with Crippen LogP contribution < -0.4 is 4.74 Å². The van der Waals surface area contributed by atoms with Crippen LogP contribution in [0, 0.1) is 10.1 Å². The van der Waals surface area contributed by atoms with Crippen LogP contribution in [0.4, 0.5) is 18.9 Å². The van der Waals surface area contributed by atoms with Crippen LogP contribution in [0.5, 0.6) is 11.5 Å². The van der Waals surface area contributed by atoms with Gasteiger partial charge in [-0.3, -0.25) is 10.1 Å². The van der Waals surface area contributed by atoms with E-state index in [1.807, 2.05) is 0 Å². The second kappa shape index (κ2) is 9.88. The van der Waals surface area contributed by atoms with Crippen molar-refractivity contribution in [3.63, 3.8) is 0 Å². The summed E-state index contributed by atoms with van der Waals surface area (Å²) >= 11 is 12.2. The van der Waals surface area contributed by atoms with Crippen molar-refractivity contribution in [2.75, 3.05) is 14.2 Å². The van der Waals surface area contributed by atoms with Gasteiger partial charge in [0.1, 0.15) is 5.57 Å². The van der Waals surface area contributed by atoms with E-state index >= 15 is 0 Å². The number of methoxy groups -OCH3 is 2. The number of esters is 2. The van der Waals surface area contributed by atoms with Gasteiger partial charge in [0.2, 0.25) is 5.75 Å². The highest BCUT2D eigenvalue weighted by Crippen LogP contribution is 2.42. The minimum atomic E-state index is -4.80. The molecule has 0 bridgehead atoms. The van der Waals surface area contributed by atoms with Gasteiger partial charge in [-0.05, 0) is 35.9 Å². The Bertz CT molecular complexity index is 1080. The predicted molar refractivity (Wildman–Crippen MR) is 107 cm³/mol. The number of ether oxygens (including phenoxy) is 3. The van der Waals surface area contributed by atoms with Crippen molar-refractivity contribution in [1.82, 2.24) is 0 Å². The van der Waals surface area contributed by atoms with Gasteiger partial charge >= 0.3 is 23.8 Å². The van der Waals surface area contributed by atoms with E-state index in [4.69, 9.17) is 27.9 Å². The highest BCUT2D eigenvalue weighted by Gasteiger charge is 2.33. The molecule has 0 atom stereocenters. The molecular weight excluding hydrogens is 482 g/mol. The molecule has 0 spiro atoms. The largest absolute Gasteiger partial charge is 0.465 e. The zero-order chi connectivity index (χ0) is 24.2. The van der Waals surface area contributed by atoms with Crippen LogP contribution in [0.25, 0.3) is 6.08 Å². The Morgan fingerprint density at radius 2 is 1.56 bits per heavy atom. The summed E-state index contributed by atoms with van der Waals surface area (Å²) in [5, 5.41) is 10.8. The lowest BCUT2D eigenvalue weighted by Crippen LogP contribution is -2.15. The Morgan fingerprint density at radius 1 is 1.03 bits per heavy atom. The number of carbonyl (C=O) groups is 2. The number of nitro benzene ring substituents is 1. The second-order valence-corrected chi connectivity index (χ2v) is 6.71. The minimum absolute atomic E-state index is 0.139. The van der Waals surface area contributed by atoms with E-state index in [0.717, 1.165) is 26.4 Å². The van der Waals surface area contributed by atoms with Crippen LogP contribution in [0.1, 0.15) is 11.1 Å². The highest BCUT2D eigenvalue weighted by molar-refractivity contribution is 6.37. The van der Waals surface area contributed by atoms with Crippen molar-refractivity contribution in [3.8, 4) is 11.5 Å². The van der Waals surface area contributed by atoms with Crippen LogP contribution in [0.15, 0.2) is 35.9 Å². The quantitative estimate of drug-likeness (QED) is 0.132. The normalized spacial score (nSPS) is 10.8. The molecule has 8 nitrogen and oxygen atoms in total. The molecule has 0 N–H and O–H groups in total. The maximum Gasteiger partial charge on any atom is 0.416 e. The van der Waals surface area contributed by atoms with Crippen LogP contribution in [-0.4, -0.2) is 31.1 Å². The summed E-state index contributed by atoms with van der Waals surface area (Å²) in [6.07, 6.45) is -3.73. The van der Waals surface area contributed by atoms with E-state index in [9.17, 15) is 32.9 Å². The summed E-state index contributed by atoms with van der Waals surface area (Å²) in [6.45, 7) is 0. The van der Waals surface area contributed by atoms with Crippen LogP contribution in [-0.2, 0) is 25.2 Å². The van der Waals surface area contributed by atoms with Gasteiger partial charge in [0.05, 0.1) is 34.8 Å². The van der Waals surface area contributed by atoms with Crippen LogP contribution in [0.3, 0.4) is 0 Å². The number of nitro groups is 1. The molecule has 170 valence electrons. The van der Waals surface area contributed by atoms with Gasteiger partial charge in [0, 0.05) is 6.07 Å². The molecule has 0 amide bonds. The molecular formula is C19H12Cl2F3NO7. The summed E-state index contributed by atoms with van der Waals surface area (Å²) in [6, 6.07) is 4.07. The smallest absolute Gasteiger partial charge is 0.416 e. The lowest BCUT2D eigenvalue weighted by molar-refractivity contribution is -0.385. The van der Waals surface area contributed by atoms with E-state index in [2.05, 4.69) is 9.47 Å². The Kier molecular flexibility index (Phi) is 7.70. The molecule has 0 unspecified atom stereocenters. The number of nitrogens with zero attached hydrogens (tertiary/aromatic N) is 1. The van der Waals surface area contributed by atoms with Gasteiger partial charge < -0.3 is 14.2 Å². The molecule has 0 radical (unpaired) electrons. The molecule has 0 saturated carbocycles. The number of hydrogen-bond donors (Lipinski definition) is 0. The number of halogens is 5. The maximum atomic E-state index is 12.9. The van der Waals surface area contributed by atoms with Crippen molar-refractivity contribution in [2.24, 2.45) is 0 Å². The van der Waals surface area contributed by atoms with Crippen molar-refractivity contribution in [2.45, 2.75) is 6.18 Å². The standard InChI is InChI=1S/C19H12Cl2F3NO7/c1-30-17(26)11(18(27)31-2)5-9-6-12(20)16(13(21)7-9)32-15-4-3-10(19(22,23)24)8-14(15)25(28)29/h3-8H,1-2H3. The lowest BCUT2D eigenvalue weighted by Gasteiger charge is -2.13. The van der Waals surface area contributed by atoms with Crippen LogP contribution in [0.2, 0.25) is 10.0 Å². The Balaban J connectivity index is 2.50. The first-order chi connectivity index (χ1) is 14.9. The van der Waals surface area contributed by atoms with Gasteiger partial charge in [-0.15, -0.1) is 0 Å². The number of carbonyl (C=O) groups excluding carboxylic acids is 2. The highest BCUT2D eigenvalue weighted by atomic mass is 35.5. The Morgan fingerprint density at radius 3 is 2.00 bits per heavy atom. The summed E-state index contributed by atoms with van der Waals surface area (Å²) in [5.41, 5.74) is -2.55. The average molecular weight is 494 g/mol. The fourth-order valence-electron chi connectivity index (χ4n) is 2.38. The summed E-state index contributed by atoms with van der Waals surface area (Å²) in [7, 11) is 2.10. The van der Waals surface area contributed by atoms with E-state index in [-0.39, 0.29) is 21.4 Å². The molecule has 0 fully saturated rings. The first-order valence-electron chi connectivity index (χ1n) is 8.29. The van der Waals surface area contributed by atoms with E-state index in [1.165, 1.54) is 12.1 Å². The van der Waals surface area contributed by atoms with Gasteiger partial charge in [-0.2, -0.15) is 13.2 Å². The summed E-state index contributed by atoms with van der Waals surface area (Å²) in [4.78, 5) is 33.7. The minimum Gasteiger partial charge on any atom is -0.465 e. The maximum absolute atomic E-state index is 12.9. The van der Waals surface area contributed by atoms with Gasteiger partial charge in [0.15, 0.2) is 5.75 Å². The molecule has 0 aliphatic rings. The van der Waals surface area contributed by atoms with Gasteiger partial charge in [-0.1, -0.05) is 23.2 Å². The lowest BCUT2D eigenvalue weighted by atomic mass is 10.1. The molecule has 2 aromatic carbocycles. The number of benzene rings is 2. The third-order valence-electron chi connectivity index (χ3n) is 3.84. The average Bonchev–Trinajstić information content (AvgIpc) is 2.72. The summed E-state index contributed by atoms with van der Waals surface area (Å²) in [5.74, 6) is -2.83. The molecule has 0 aromatic heterocycles. The fraction of sp³-hybridized carbons (Fsp3) is 0.158. The van der Waals surface area contributed by atoms with Gasteiger partial charge in [-0.25, -0.2) is 9.59 Å². The Hall–Kier alpha value is -3.31. The monoisotopic (exact) mass is 493 g/mol. The van der Waals surface area contributed by atoms with Crippen molar-refractivity contribution in [1.29, 1.82) is 0 Å². The predicted octanol–water partition coefficient (Wildman–Crippen LogP) is 5.44. The first kappa shape index (κ1) is 25.0. The molecule has 2 aromatic rings. The molecule has 13 heteroatoms. The van der Waals surface area contributed by atoms with E-state index in [1.54, 1.807) is 0 Å². The van der Waals surface area contributed by atoms with Crippen molar-refractivity contribution >= 4 is 46.9 Å². The van der Waals surface area contributed by atoms with Gasteiger partial charge in [0.25, 0.3) is 0 Å². The zero-order valence-electron chi connectivity index (χ0n) is 16.2. The van der Waals surface area contributed by atoms with Crippen molar-refractivity contribution < 1.29 is 41.9 Å². The Labute approximate surface area is 188 Å². The fourth-order valence-corrected chi connectivity index (χ4v) is 2.96. The third kappa shape index (κ3) is 5.68. The number of hydrogen-bond acceptors (Lipinski definition) is 7. The molecule has 0 aliphatic heterocycles. The molecule has 32 heavy (non-hydrogen) atoms. The van der Waals surface area contributed by atoms with Crippen LogP contribution >= 0.6 is 23.2 Å². The molecule has 0 heterocycles. The number of rotatable bonds is 6. The molecule has 0 saturated heterocycles. The zero-order valence-corrected chi connectivity index (χ0v) is 17.7. The second-order valence-electron chi connectivity index (χ2n) is 5.89. The van der Waals surface area contributed by atoms with Crippen molar-refractivity contribution in [3.05, 3.63) is 67.2 Å². The third-order valence-corrected chi connectivity index (χ3v) is 4.40. The van der Waals surface area contributed by atoms with E-state index in [0.29, 0.717) is 12.1 Å². The number of alkyl halides is 3. The topological polar surface area (TPSA) is 105 Å².